The maximum absolute atomic E-state index is 6.12. The topological polar surface area (TPSA) is 30.5 Å². The van der Waals surface area contributed by atoms with E-state index >= 15 is 0 Å². The third-order valence-corrected chi connectivity index (χ3v) is 4.70. The molecule has 2 rings (SSSR count). The number of hydrogen-bond acceptors (Lipinski definition) is 3. The van der Waals surface area contributed by atoms with Crippen LogP contribution in [0.1, 0.15) is 52.9 Å². The number of allylic oxidation sites excluding steroid dienone is 1. The summed E-state index contributed by atoms with van der Waals surface area (Å²) in [5, 5.41) is 3.47. The smallest absolute Gasteiger partial charge is 0.0732 e. The number of hydrogen-bond donors (Lipinski definition) is 1. The van der Waals surface area contributed by atoms with E-state index in [1.165, 1.54) is 12.8 Å². The highest BCUT2D eigenvalue weighted by Crippen LogP contribution is 2.39. The number of rotatable bonds is 5. The van der Waals surface area contributed by atoms with Crippen LogP contribution in [0.4, 0.5) is 0 Å². The molecule has 2 aliphatic heterocycles. The first-order valence-electron chi connectivity index (χ1n) is 8.23. The Bertz CT molecular complexity index is 313. The molecule has 2 fully saturated rings. The first kappa shape index (κ1) is 16.0. The van der Waals surface area contributed by atoms with Crippen molar-refractivity contribution in [3.05, 3.63) is 11.6 Å². The van der Waals surface area contributed by atoms with Crippen LogP contribution in [0.2, 0.25) is 0 Å². The van der Waals surface area contributed by atoms with E-state index in [1.807, 2.05) is 0 Å². The van der Waals surface area contributed by atoms with Crippen LogP contribution in [0.25, 0.3) is 0 Å². The van der Waals surface area contributed by atoms with Gasteiger partial charge in [0.2, 0.25) is 0 Å². The maximum Gasteiger partial charge on any atom is 0.0732 e. The fourth-order valence-electron chi connectivity index (χ4n) is 3.35. The quantitative estimate of drug-likeness (QED) is 0.619. The van der Waals surface area contributed by atoms with Crippen LogP contribution in [0.5, 0.6) is 0 Å². The van der Waals surface area contributed by atoms with Crippen molar-refractivity contribution in [2.45, 2.75) is 64.5 Å². The lowest BCUT2D eigenvalue weighted by atomic mass is 9.78. The number of ether oxygens (including phenoxy) is 2. The highest BCUT2D eigenvalue weighted by Gasteiger charge is 2.39. The maximum atomic E-state index is 6.12. The van der Waals surface area contributed by atoms with E-state index < -0.39 is 0 Å². The van der Waals surface area contributed by atoms with Crippen LogP contribution < -0.4 is 5.32 Å². The average Bonchev–Trinajstić information content (AvgIpc) is 2.44. The Kier molecular flexibility index (Phi) is 6.06. The predicted molar refractivity (Wildman–Crippen MR) is 83.0 cm³/mol. The molecule has 1 unspecified atom stereocenters. The van der Waals surface area contributed by atoms with E-state index in [2.05, 4.69) is 32.2 Å². The molecule has 3 heteroatoms. The Balaban J connectivity index is 1.83. The van der Waals surface area contributed by atoms with Gasteiger partial charge < -0.3 is 14.8 Å². The van der Waals surface area contributed by atoms with E-state index in [0.717, 1.165) is 45.6 Å². The third kappa shape index (κ3) is 4.57. The van der Waals surface area contributed by atoms with Crippen molar-refractivity contribution in [1.82, 2.24) is 5.32 Å². The molecule has 0 saturated carbocycles. The first-order chi connectivity index (χ1) is 9.61. The molecule has 0 aromatic heterocycles. The second kappa shape index (κ2) is 7.58. The summed E-state index contributed by atoms with van der Waals surface area (Å²) >= 11 is 0. The zero-order valence-corrected chi connectivity index (χ0v) is 13.4. The van der Waals surface area contributed by atoms with Crippen LogP contribution >= 0.6 is 0 Å². The summed E-state index contributed by atoms with van der Waals surface area (Å²) < 4.78 is 11.6. The fraction of sp³-hybridized carbons (Fsp3) is 0.882. The monoisotopic (exact) mass is 281 g/mol. The SMILES string of the molecule is C/C(=C/CCNC(C)C)C1CCOC2(CCOCC2)C1. The molecule has 0 radical (unpaired) electrons. The summed E-state index contributed by atoms with van der Waals surface area (Å²) in [6, 6.07) is 0.581. The molecule has 20 heavy (non-hydrogen) atoms. The van der Waals surface area contributed by atoms with Crippen LogP contribution in [0.3, 0.4) is 0 Å². The van der Waals surface area contributed by atoms with E-state index in [4.69, 9.17) is 9.47 Å². The van der Waals surface area contributed by atoms with Crippen molar-refractivity contribution >= 4 is 0 Å². The molecule has 2 saturated heterocycles. The Morgan fingerprint density at radius 2 is 2.05 bits per heavy atom. The second-order valence-corrected chi connectivity index (χ2v) is 6.68. The largest absolute Gasteiger partial charge is 0.381 e. The summed E-state index contributed by atoms with van der Waals surface area (Å²) in [6.07, 6.45) is 8.09. The molecule has 0 aliphatic carbocycles. The lowest BCUT2D eigenvalue weighted by Crippen LogP contribution is -2.44. The minimum absolute atomic E-state index is 0.118. The van der Waals surface area contributed by atoms with Gasteiger partial charge in [0.05, 0.1) is 5.60 Å². The molecular formula is C17H31NO2. The lowest BCUT2D eigenvalue weighted by Gasteiger charge is -2.43. The van der Waals surface area contributed by atoms with Gasteiger partial charge in [-0.25, -0.2) is 0 Å². The Morgan fingerprint density at radius 3 is 2.75 bits per heavy atom. The normalized spacial score (nSPS) is 27.2. The van der Waals surface area contributed by atoms with Crippen LogP contribution in [0, 0.1) is 5.92 Å². The average molecular weight is 281 g/mol. The van der Waals surface area contributed by atoms with Gasteiger partial charge in [0.25, 0.3) is 0 Å². The van der Waals surface area contributed by atoms with E-state index in [0.29, 0.717) is 12.0 Å². The zero-order valence-electron chi connectivity index (χ0n) is 13.4. The predicted octanol–water partition coefficient (Wildman–Crippen LogP) is 3.30. The minimum atomic E-state index is 0.118. The fourth-order valence-corrected chi connectivity index (χ4v) is 3.35. The third-order valence-electron chi connectivity index (χ3n) is 4.70. The molecule has 3 nitrogen and oxygen atoms in total. The summed E-state index contributed by atoms with van der Waals surface area (Å²) in [4.78, 5) is 0. The minimum Gasteiger partial charge on any atom is -0.381 e. The molecule has 0 aromatic carbocycles. The van der Waals surface area contributed by atoms with Crippen LogP contribution in [-0.2, 0) is 9.47 Å². The van der Waals surface area contributed by atoms with Gasteiger partial charge in [-0.2, -0.15) is 0 Å². The van der Waals surface area contributed by atoms with E-state index in [-0.39, 0.29) is 5.60 Å². The lowest BCUT2D eigenvalue weighted by molar-refractivity contribution is -0.143. The molecular weight excluding hydrogens is 250 g/mol. The van der Waals surface area contributed by atoms with Crippen molar-refractivity contribution in [1.29, 1.82) is 0 Å². The van der Waals surface area contributed by atoms with Gasteiger partial charge in [-0.15, -0.1) is 0 Å². The summed E-state index contributed by atoms with van der Waals surface area (Å²) in [5.74, 6) is 0.709. The van der Waals surface area contributed by atoms with Crippen LogP contribution in [-0.4, -0.2) is 38.0 Å². The molecule has 2 heterocycles. The van der Waals surface area contributed by atoms with Gasteiger partial charge in [-0.1, -0.05) is 25.5 Å². The Hall–Kier alpha value is -0.380. The van der Waals surface area contributed by atoms with E-state index in [1.54, 1.807) is 5.57 Å². The van der Waals surface area contributed by atoms with Crippen molar-refractivity contribution in [3.63, 3.8) is 0 Å². The van der Waals surface area contributed by atoms with Crippen molar-refractivity contribution < 1.29 is 9.47 Å². The Morgan fingerprint density at radius 1 is 1.30 bits per heavy atom. The van der Waals surface area contributed by atoms with Gasteiger partial charge >= 0.3 is 0 Å². The van der Waals surface area contributed by atoms with Crippen LogP contribution in [0.15, 0.2) is 11.6 Å². The molecule has 1 spiro atoms. The standard InChI is InChI=1S/C17H31NO2/c1-14(2)18-9-4-5-15(3)16-6-10-20-17(13-16)7-11-19-12-8-17/h5,14,16,18H,4,6-13H2,1-3H3/b15-5-. The molecule has 1 N–H and O–H groups in total. The summed E-state index contributed by atoms with van der Waals surface area (Å²) in [6.45, 7) is 10.4. The van der Waals surface area contributed by atoms with Gasteiger partial charge in [-0.3, -0.25) is 0 Å². The molecule has 2 aliphatic rings. The van der Waals surface area contributed by atoms with E-state index in [9.17, 15) is 0 Å². The van der Waals surface area contributed by atoms with Gasteiger partial charge in [0.1, 0.15) is 0 Å². The van der Waals surface area contributed by atoms with Crippen molar-refractivity contribution in [2.75, 3.05) is 26.4 Å². The molecule has 0 amide bonds. The zero-order chi connectivity index (χ0) is 14.4. The van der Waals surface area contributed by atoms with Gasteiger partial charge in [-0.05, 0) is 51.5 Å². The second-order valence-electron chi connectivity index (χ2n) is 6.68. The van der Waals surface area contributed by atoms with Crippen molar-refractivity contribution in [3.8, 4) is 0 Å². The summed E-state index contributed by atoms with van der Waals surface area (Å²) in [5.41, 5.74) is 1.68. The van der Waals surface area contributed by atoms with Crippen molar-refractivity contribution in [2.24, 2.45) is 5.92 Å². The Labute approximate surface area is 124 Å². The summed E-state index contributed by atoms with van der Waals surface area (Å²) in [7, 11) is 0. The number of nitrogens with one attached hydrogen (secondary N) is 1. The van der Waals surface area contributed by atoms with Gasteiger partial charge in [0.15, 0.2) is 0 Å². The highest BCUT2D eigenvalue weighted by atomic mass is 16.5. The molecule has 0 aromatic rings. The molecule has 1 atom stereocenters. The molecule has 116 valence electrons. The highest BCUT2D eigenvalue weighted by molar-refractivity contribution is 5.07. The molecule has 0 bridgehead atoms. The van der Waals surface area contributed by atoms with Gasteiger partial charge in [0, 0.05) is 25.9 Å². The first-order valence-corrected chi connectivity index (χ1v) is 8.23.